The Morgan fingerprint density at radius 2 is 1.50 bits per heavy atom. The predicted octanol–water partition coefficient (Wildman–Crippen LogP) is 4.01. The Hall–Kier alpha value is -3.02. The number of carbonyl (C=O) groups is 2. The molecular formula is C22H29N3O3. The topological polar surface area (TPSA) is 70.7 Å². The van der Waals surface area contributed by atoms with Gasteiger partial charge in [-0.2, -0.15) is 0 Å². The minimum atomic E-state index is -0.158. The molecule has 6 nitrogen and oxygen atoms in total. The molecule has 2 N–H and O–H groups in total. The molecule has 0 saturated carbocycles. The van der Waals surface area contributed by atoms with Gasteiger partial charge in [-0.05, 0) is 68.8 Å². The molecule has 0 radical (unpaired) electrons. The number of amides is 2. The normalized spacial score (nSPS) is 10.2. The number of anilines is 2. The molecule has 28 heavy (non-hydrogen) atoms. The molecule has 0 unspecified atom stereocenters. The van der Waals surface area contributed by atoms with E-state index in [1.54, 1.807) is 29.2 Å². The first-order valence-electron chi connectivity index (χ1n) is 9.73. The second kappa shape index (κ2) is 11.0. The second-order valence-electron chi connectivity index (χ2n) is 6.33. The zero-order valence-corrected chi connectivity index (χ0v) is 16.8. The van der Waals surface area contributed by atoms with Crippen molar-refractivity contribution in [2.24, 2.45) is 0 Å². The van der Waals surface area contributed by atoms with Crippen LogP contribution in [0.4, 0.5) is 11.4 Å². The highest BCUT2D eigenvalue weighted by molar-refractivity contribution is 5.96. The molecule has 0 heterocycles. The summed E-state index contributed by atoms with van der Waals surface area (Å²) in [4.78, 5) is 26.2. The smallest absolute Gasteiger partial charge is 0.253 e. The van der Waals surface area contributed by atoms with Crippen molar-refractivity contribution in [2.45, 2.75) is 27.2 Å². The molecule has 0 spiro atoms. The molecule has 0 aliphatic heterocycles. The lowest BCUT2D eigenvalue weighted by atomic mass is 10.1. The lowest BCUT2D eigenvalue weighted by Crippen LogP contribution is -2.30. The van der Waals surface area contributed by atoms with E-state index in [-0.39, 0.29) is 18.4 Å². The van der Waals surface area contributed by atoms with Gasteiger partial charge in [0.15, 0.2) is 0 Å². The van der Waals surface area contributed by atoms with Crippen molar-refractivity contribution in [2.75, 3.05) is 36.9 Å². The summed E-state index contributed by atoms with van der Waals surface area (Å²) in [5.74, 6) is 0.654. The number of ether oxygens (including phenoxy) is 1. The maximum Gasteiger partial charge on any atom is 0.253 e. The molecular weight excluding hydrogens is 354 g/mol. The van der Waals surface area contributed by atoms with Crippen molar-refractivity contribution < 1.29 is 14.3 Å². The largest absolute Gasteiger partial charge is 0.494 e. The van der Waals surface area contributed by atoms with Gasteiger partial charge in [-0.1, -0.05) is 6.92 Å². The van der Waals surface area contributed by atoms with E-state index in [9.17, 15) is 9.59 Å². The lowest BCUT2D eigenvalue weighted by molar-refractivity contribution is -0.114. The van der Waals surface area contributed by atoms with Gasteiger partial charge in [0, 0.05) is 30.0 Å². The van der Waals surface area contributed by atoms with Gasteiger partial charge in [0.25, 0.3) is 5.91 Å². The van der Waals surface area contributed by atoms with Crippen LogP contribution in [0.3, 0.4) is 0 Å². The van der Waals surface area contributed by atoms with Crippen LogP contribution in [0.15, 0.2) is 48.5 Å². The number of carbonyl (C=O) groups excluding carboxylic acids is 2. The maximum atomic E-state index is 12.3. The first kappa shape index (κ1) is 21.3. The van der Waals surface area contributed by atoms with E-state index in [4.69, 9.17) is 4.74 Å². The van der Waals surface area contributed by atoms with Crippen molar-refractivity contribution in [1.29, 1.82) is 0 Å². The molecule has 2 aromatic rings. The van der Waals surface area contributed by atoms with Crippen LogP contribution in [0, 0.1) is 0 Å². The van der Waals surface area contributed by atoms with Gasteiger partial charge < -0.3 is 20.3 Å². The zero-order chi connectivity index (χ0) is 20.4. The van der Waals surface area contributed by atoms with E-state index < -0.39 is 0 Å². The molecule has 0 aliphatic rings. The van der Waals surface area contributed by atoms with Crippen LogP contribution in [0.5, 0.6) is 5.75 Å². The summed E-state index contributed by atoms with van der Waals surface area (Å²) in [6, 6.07) is 14.5. The monoisotopic (exact) mass is 383 g/mol. The van der Waals surface area contributed by atoms with Gasteiger partial charge >= 0.3 is 0 Å². The average Bonchev–Trinajstić information content (AvgIpc) is 2.73. The Kier molecular flexibility index (Phi) is 8.34. The standard InChI is InChI=1S/C22H29N3O3/c1-4-15-28-20-13-11-18(12-14-20)23-16-21(26)24-19-9-7-17(8-10-19)22(27)25(5-2)6-3/h7-14,23H,4-6,15-16H2,1-3H3,(H,24,26). The van der Waals surface area contributed by atoms with Gasteiger partial charge in [-0.3, -0.25) is 9.59 Å². The Balaban J connectivity index is 1.83. The minimum Gasteiger partial charge on any atom is -0.494 e. The van der Waals surface area contributed by atoms with E-state index in [2.05, 4.69) is 17.6 Å². The van der Waals surface area contributed by atoms with E-state index in [1.807, 2.05) is 38.1 Å². The molecule has 2 amide bonds. The third-order valence-electron chi connectivity index (χ3n) is 4.25. The Morgan fingerprint density at radius 1 is 0.893 bits per heavy atom. The average molecular weight is 383 g/mol. The third-order valence-corrected chi connectivity index (χ3v) is 4.25. The molecule has 0 saturated heterocycles. The minimum absolute atomic E-state index is 0.00379. The summed E-state index contributed by atoms with van der Waals surface area (Å²) < 4.78 is 5.54. The highest BCUT2D eigenvalue weighted by Gasteiger charge is 2.12. The fourth-order valence-electron chi connectivity index (χ4n) is 2.67. The fraction of sp³-hybridized carbons (Fsp3) is 0.364. The predicted molar refractivity (Wildman–Crippen MR) is 113 cm³/mol. The summed E-state index contributed by atoms with van der Waals surface area (Å²) in [6.07, 6.45) is 0.963. The zero-order valence-electron chi connectivity index (χ0n) is 16.8. The van der Waals surface area contributed by atoms with Crippen LogP contribution in [0.25, 0.3) is 0 Å². The highest BCUT2D eigenvalue weighted by atomic mass is 16.5. The van der Waals surface area contributed by atoms with Crippen molar-refractivity contribution in [3.8, 4) is 5.75 Å². The number of nitrogens with one attached hydrogen (secondary N) is 2. The molecule has 6 heteroatoms. The van der Waals surface area contributed by atoms with Gasteiger partial charge in [0.05, 0.1) is 13.2 Å². The Bertz CT molecular complexity index is 754. The SMILES string of the molecule is CCCOc1ccc(NCC(=O)Nc2ccc(C(=O)N(CC)CC)cc2)cc1. The molecule has 0 bridgehead atoms. The quantitative estimate of drug-likeness (QED) is 0.650. The molecule has 2 rings (SSSR count). The maximum absolute atomic E-state index is 12.3. The van der Waals surface area contributed by atoms with Crippen LogP contribution >= 0.6 is 0 Å². The summed E-state index contributed by atoms with van der Waals surface area (Å²) in [6.45, 7) is 8.15. The fourth-order valence-corrected chi connectivity index (χ4v) is 2.67. The third kappa shape index (κ3) is 6.30. The van der Waals surface area contributed by atoms with Crippen LogP contribution in [-0.2, 0) is 4.79 Å². The van der Waals surface area contributed by atoms with E-state index >= 15 is 0 Å². The summed E-state index contributed by atoms with van der Waals surface area (Å²) in [5.41, 5.74) is 2.12. The van der Waals surface area contributed by atoms with E-state index in [1.165, 1.54) is 0 Å². The molecule has 0 fully saturated rings. The number of benzene rings is 2. The Labute approximate surface area is 166 Å². The highest BCUT2D eigenvalue weighted by Crippen LogP contribution is 2.16. The van der Waals surface area contributed by atoms with Crippen molar-refractivity contribution in [3.63, 3.8) is 0 Å². The van der Waals surface area contributed by atoms with Gasteiger partial charge in [0.2, 0.25) is 5.91 Å². The first-order chi connectivity index (χ1) is 13.6. The van der Waals surface area contributed by atoms with Crippen molar-refractivity contribution in [3.05, 3.63) is 54.1 Å². The van der Waals surface area contributed by atoms with Gasteiger partial charge in [-0.15, -0.1) is 0 Å². The van der Waals surface area contributed by atoms with Gasteiger partial charge in [0.1, 0.15) is 5.75 Å². The molecule has 0 aromatic heterocycles. The summed E-state index contributed by atoms with van der Waals surface area (Å²) in [5, 5.41) is 5.90. The van der Waals surface area contributed by atoms with Crippen LogP contribution < -0.4 is 15.4 Å². The molecule has 2 aromatic carbocycles. The van der Waals surface area contributed by atoms with Gasteiger partial charge in [-0.25, -0.2) is 0 Å². The molecule has 0 atom stereocenters. The van der Waals surface area contributed by atoms with Crippen LogP contribution in [0.1, 0.15) is 37.6 Å². The molecule has 0 aliphatic carbocycles. The number of rotatable bonds is 10. The van der Waals surface area contributed by atoms with Crippen LogP contribution in [-0.4, -0.2) is 43.0 Å². The second-order valence-corrected chi connectivity index (χ2v) is 6.33. The number of nitrogens with zero attached hydrogens (tertiary/aromatic N) is 1. The van der Waals surface area contributed by atoms with Crippen molar-refractivity contribution >= 4 is 23.2 Å². The lowest BCUT2D eigenvalue weighted by Gasteiger charge is -2.18. The van der Waals surface area contributed by atoms with Crippen molar-refractivity contribution in [1.82, 2.24) is 4.90 Å². The summed E-state index contributed by atoms with van der Waals surface area (Å²) >= 11 is 0. The van der Waals surface area contributed by atoms with E-state index in [0.717, 1.165) is 17.9 Å². The first-order valence-corrected chi connectivity index (χ1v) is 9.73. The molecule has 150 valence electrons. The van der Waals surface area contributed by atoms with Crippen LogP contribution in [0.2, 0.25) is 0 Å². The Morgan fingerprint density at radius 3 is 2.07 bits per heavy atom. The number of hydrogen-bond donors (Lipinski definition) is 2. The summed E-state index contributed by atoms with van der Waals surface area (Å²) in [7, 11) is 0. The van der Waals surface area contributed by atoms with E-state index in [0.29, 0.717) is 30.9 Å². The number of hydrogen-bond acceptors (Lipinski definition) is 4.